The van der Waals surface area contributed by atoms with E-state index in [9.17, 15) is 34.3 Å². The molecule has 5 aromatic rings. The number of carbonyl (C=O) groups excluding carboxylic acids is 5. The lowest BCUT2D eigenvalue weighted by molar-refractivity contribution is -0.164. The number of rotatable bonds is 15. The molecule has 71 heavy (non-hydrogen) atoms. The molecular formula is C53H59ClN8O8S. The highest BCUT2D eigenvalue weighted by Gasteiger charge is 2.64. The minimum atomic E-state index is -1.08. The molecular weight excluding hydrogens is 944 g/mol. The minimum absolute atomic E-state index is 0.0390. The van der Waals surface area contributed by atoms with E-state index in [0.717, 1.165) is 21.7 Å². The smallest absolute Gasteiger partial charge is 0.253 e. The summed E-state index contributed by atoms with van der Waals surface area (Å²) in [5.41, 5.74) is 3.85. The van der Waals surface area contributed by atoms with Gasteiger partial charge in [0.15, 0.2) is 0 Å². The van der Waals surface area contributed by atoms with E-state index in [-0.39, 0.29) is 42.5 Å². The number of likely N-dealkylation sites (tertiary alicyclic amines) is 1. The molecule has 4 atom stereocenters. The van der Waals surface area contributed by atoms with Crippen LogP contribution in [0.4, 0.5) is 0 Å². The minimum Gasteiger partial charge on any atom is -0.489 e. The number of aliphatic hydroxyl groups excluding tert-OH is 1. The largest absolute Gasteiger partial charge is 0.489 e. The van der Waals surface area contributed by atoms with Crippen molar-refractivity contribution in [3.63, 3.8) is 0 Å². The highest BCUT2D eigenvalue weighted by Crippen LogP contribution is 2.55. The van der Waals surface area contributed by atoms with Crippen LogP contribution in [0.1, 0.15) is 105 Å². The highest BCUT2D eigenvalue weighted by molar-refractivity contribution is 7.13. The maximum absolute atomic E-state index is 14.1. The number of aryl methyl sites for hydroxylation is 1. The van der Waals surface area contributed by atoms with Crippen LogP contribution in [0.15, 0.2) is 90.6 Å². The Morgan fingerprint density at radius 3 is 2.17 bits per heavy atom. The molecule has 1 aliphatic carbocycles. The van der Waals surface area contributed by atoms with E-state index >= 15 is 0 Å². The van der Waals surface area contributed by atoms with Crippen LogP contribution in [0.3, 0.4) is 0 Å². The predicted octanol–water partition coefficient (Wildman–Crippen LogP) is 7.54. The fourth-order valence-electron chi connectivity index (χ4n) is 9.67. The quantitative estimate of drug-likeness (QED) is 0.0689. The lowest BCUT2D eigenvalue weighted by atomic mass is 9.49. The fourth-order valence-corrected chi connectivity index (χ4v) is 10.7. The third-order valence-electron chi connectivity index (χ3n) is 13.2. The van der Waals surface area contributed by atoms with E-state index in [0.29, 0.717) is 27.6 Å². The number of nitrogens with one attached hydrogen (secondary N) is 4. The molecule has 3 aromatic carbocycles. The number of pyridine rings is 1. The molecule has 1 unspecified atom stereocenters. The molecule has 0 bridgehead atoms. The van der Waals surface area contributed by atoms with Crippen molar-refractivity contribution >= 4 is 52.5 Å². The van der Waals surface area contributed by atoms with Crippen molar-refractivity contribution in [3.8, 4) is 33.9 Å². The van der Waals surface area contributed by atoms with Crippen molar-refractivity contribution in [2.45, 2.75) is 105 Å². The van der Waals surface area contributed by atoms with E-state index in [1.54, 1.807) is 80.1 Å². The third kappa shape index (κ3) is 11.5. The van der Waals surface area contributed by atoms with Crippen LogP contribution >= 0.6 is 22.9 Å². The molecule has 1 saturated carbocycles. The highest BCUT2D eigenvalue weighted by atomic mass is 35.5. The molecule has 3 heterocycles. The van der Waals surface area contributed by atoms with Crippen molar-refractivity contribution in [2.75, 3.05) is 13.1 Å². The Labute approximate surface area is 422 Å². The summed E-state index contributed by atoms with van der Waals surface area (Å²) in [6.45, 7) is 16.7. The van der Waals surface area contributed by atoms with E-state index in [1.807, 2.05) is 71.9 Å². The van der Waals surface area contributed by atoms with Crippen LogP contribution in [0.5, 0.6) is 17.4 Å². The zero-order valence-electron chi connectivity index (χ0n) is 41.1. The molecule has 16 nitrogen and oxygen atoms in total. The summed E-state index contributed by atoms with van der Waals surface area (Å²) in [6, 6.07) is 21.5. The number of hydrogen-bond acceptors (Lipinski definition) is 12. The van der Waals surface area contributed by atoms with Gasteiger partial charge in [0.05, 0.1) is 50.9 Å². The zero-order valence-corrected chi connectivity index (χ0v) is 42.7. The Kier molecular flexibility index (Phi) is 15.3. The molecule has 0 spiro atoms. The summed E-state index contributed by atoms with van der Waals surface area (Å²) >= 11 is 7.79. The maximum atomic E-state index is 14.1. The number of halogens is 1. The second kappa shape index (κ2) is 20.8. The molecule has 0 radical (unpaired) electrons. The first-order chi connectivity index (χ1) is 33.5. The summed E-state index contributed by atoms with van der Waals surface area (Å²) in [4.78, 5) is 78.7. The topological polar surface area (TPSA) is 225 Å². The number of benzene rings is 3. The number of amides is 5. The number of hydrogen-bond donors (Lipinski definition) is 5. The monoisotopic (exact) mass is 1000 g/mol. The number of nitriles is 1. The number of nitrogens with zero attached hydrogens (tertiary/aromatic N) is 4. The molecule has 2 aromatic heterocycles. The van der Waals surface area contributed by atoms with Crippen LogP contribution in [-0.4, -0.2) is 92.9 Å². The molecule has 18 heteroatoms. The normalized spacial score (nSPS) is 19.8. The molecule has 2 fully saturated rings. The Morgan fingerprint density at radius 2 is 1.58 bits per heavy atom. The Bertz CT molecular complexity index is 2820. The molecule has 5 N–H and O–H groups in total. The fraction of sp³-hybridized carbons (Fsp3) is 0.396. The molecule has 1 saturated heterocycles. The second-order valence-corrected chi connectivity index (χ2v) is 21.6. The number of thiazole rings is 1. The SMILES string of the molecule is Cc1ncsc1-c1ccc([C@H](C)NC(=O)[C@@H]2C[C@@H](O)CN2C(=O)C(NC(=O)CNC(=O)c2ccc(Oc3ccc(C(=O)N[C@H]4C(C)(C)[C@H](Oc5ccc(C#N)c(Cl)c5)C4(C)C)cn3)cc2)C(C)(C)C)cc1. The summed E-state index contributed by atoms with van der Waals surface area (Å²) in [7, 11) is 0. The van der Waals surface area contributed by atoms with Crippen molar-refractivity contribution in [1.82, 2.24) is 36.1 Å². The van der Waals surface area contributed by atoms with Gasteiger partial charge in [-0.1, -0.05) is 84.3 Å². The van der Waals surface area contributed by atoms with Gasteiger partial charge in [0, 0.05) is 53.7 Å². The summed E-state index contributed by atoms with van der Waals surface area (Å²) in [6.07, 6.45) is 0.252. The third-order valence-corrected chi connectivity index (χ3v) is 14.5. The van der Waals surface area contributed by atoms with E-state index < -0.39 is 70.6 Å². The average Bonchev–Trinajstić information content (AvgIpc) is 3.95. The molecule has 7 rings (SSSR count). The Hall–Kier alpha value is -6.87. The van der Waals surface area contributed by atoms with Gasteiger partial charge >= 0.3 is 0 Å². The van der Waals surface area contributed by atoms with Gasteiger partial charge < -0.3 is 40.7 Å². The van der Waals surface area contributed by atoms with Gasteiger partial charge in [-0.2, -0.15) is 5.26 Å². The first-order valence-electron chi connectivity index (χ1n) is 23.3. The van der Waals surface area contributed by atoms with Gasteiger partial charge in [-0.25, -0.2) is 9.97 Å². The van der Waals surface area contributed by atoms with Gasteiger partial charge in [-0.15, -0.1) is 11.3 Å². The van der Waals surface area contributed by atoms with E-state index in [2.05, 4.69) is 31.2 Å². The van der Waals surface area contributed by atoms with Crippen molar-refractivity contribution in [1.29, 1.82) is 5.26 Å². The van der Waals surface area contributed by atoms with Gasteiger partial charge in [-0.3, -0.25) is 24.0 Å². The molecule has 1 aliphatic heterocycles. The molecule has 5 amide bonds. The summed E-state index contributed by atoms with van der Waals surface area (Å²) in [5, 5.41) is 31.7. The van der Waals surface area contributed by atoms with E-state index in [4.69, 9.17) is 21.1 Å². The average molecular weight is 1000 g/mol. The van der Waals surface area contributed by atoms with Crippen LogP contribution in [0.25, 0.3) is 10.4 Å². The molecule has 372 valence electrons. The standard InChI is InChI=1S/C53H59ClN8O8S/c1-29(31-10-12-32(13-11-31)43-30(2)58-28-71-43)59-47(67)40-22-36(63)27-62(40)48(68)44(51(3,4)5)60-41(64)26-57-45(65)33-14-18-37(19-15-33)69-42-21-17-35(25-56-42)46(66)61-49-52(6,7)50(53(49,8)9)70-38-20-16-34(24-55)39(54)23-38/h10-21,23,25,28-29,36,40,44,49-50,63H,22,26-27H2,1-9H3,(H,57,65)(H,59,67)(H,60,64)(H,61,66)/t29-,36+,40-,44?,49-,50-/m0/s1. The van der Waals surface area contributed by atoms with Gasteiger partial charge in [0.2, 0.25) is 23.6 Å². The Balaban J connectivity index is 0.884. The van der Waals surface area contributed by atoms with Crippen molar-refractivity contribution in [2.24, 2.45) is 16.2 Å². The van der Waals surface area contributed by atoms with Gasteiger partial charge in [-0.05, 0) is 72.9 Å². The summed E-state index contributed by atoms with van der Waals surface area (Å²) < 4.78 is 12.2. The molecule has 2 aliphatic rings. The van der Waals surface area contributed by atoms with Gasteiger partial charge in [0.25, 0.3) is 11.8 Å². The number of carbonyl (C=O) groups is 5. The number of aliphatic hydroxyl groups is 1. The predicted molar refractivity (Wildman–Crippen MR) is 269 cm³/mol. The van der Waals surface area contributed by atoms with Crippen molar-refractivity contribution in [3.05, 3.63) is 124 Å². The van der Waals surface area contributed by atoms with Gasteiger partial charge in [0.1, 0.15) is 35.8 Å². The van der Waals surface area contributed by atoms with Crippen molar-refractivity contribution < 1.29 is 38.6 Å². The van der Waals surface area contributed by atoms with Crippen LogP contribution in [0.2, 0.25) is 5.02 Å². The number of β-amino-alcohol motifs (C(OH)–C–C–N with tert-alkyl or cyclic N) is 1. The number of aromatic nitrogens is 2. The Morgan fingerprint density at radius 1 is 0.915 bits per heavy atom. The zero-order chi connectivity index (χ0) is 51.6. The van der Waals surface area contributed by atoms with Crippen LogP contribution in [0, 0.1) is 34.5 Å². The van der Waals surface area contributed by atoms with Crippen LogP contribution < -0.4 is 30.7 Å². The van der Waals surface area contributed by atoms with Crippen LogP contribution in [-0.2, 0) is 14.4 Å². The van der Waals surface area contributed by atoms with E-state index in [1.165, 1.54) is 23.2 Å². The lowest BCUT2D eigenvalue weighted by Gasteiger charge is -2.63. The first-order valence-corrected chi connectivity index (χ1v) is 24.5. The lowest BCUT2D eigenvalue weighted by Crippen LogP contribution is -2.74. The number of ether oxygens (including phenoxy) is 2. The first kappa shape index (κ1) is 52.0. The maximum Gasteiger partial charge on any atom is 0.253 e. The summed E-state index contributed by atoms with van der Waals surface area (Å²) in [5.74, 6) is -1.30. The second-order valence-electron chi connectivity index (χ2n) is 20.4.